The Labute approximate surface area is 185 Å². The van der Waals surface area contributed by atoms with E-state index in [-0.39, 0.29) is 23.1 Å². The fourth-order valence-corrected chi connectivity index (χ4v) is 4.07. The summed E-state index contributed by atoms with van der Waals surface area (Å²) in [4.78, 5) is 26.4. The molecule has 3 rings (SSSR count). The molecular formula is C22H25N2O5PS. The summed E-state index contributed by atoms with van der Waals surface area (Å²) in [6, 6.07) is 10.1. The highest BCUT2D eigenvalue weighted by molar-refractivity contribution is 7.65. The summed E-state index contributed by atoms with van der Waals surface area (Å²) in [7, 11) is -3.39. The van der Waals surface area contributed by atoms with Gasteiger partial charge < -0.3 is 19.7 Å². The molecule has 0 bridgehead atoms. The Hall–Kier alpha value is -2.67. The van der Waals surface area contributed by atoms with E-state index < -0.39 is 7.37 Å². The zero-order valence-electron chi connectivity index (χ0n) is 17.6. The highest BCUT2D eigenvalue weighted by Crippen LogP contribution is 2.33. The van der Waals surface area contributed by atoms with Gasteiger partial charge in [-0.2, -0.15) is 11.3 Å². The lowest BCUT2D eigenvalue weighted by Gasteiger charge is -2.14. The number of rotatable bonds is 9. The third kappa shape index (κ3) is 6.92. The van der Waals surface area contributed by atoms with Crippen LogP contribution < -0.4 is 20.1 Å². The fraction of sp³-hybridized carbons (Fsp3) is 0.273. The van der Waals surface area contributed by atoms with Crippen molar-refractivity contribution in [2.45, 2.75) is 26.4 Å². The lowest BCUT2D eigenvalue weighted by Crippen LogP contribution is -2.15. The van der Waals surface area contributed by atoms with Crippen LogP contribution in [0, 0.1) is 0 Å². The summed E-state index contributed by atoms with van der Waals surface area (Å²) >= 11 is 1.64. The van der Waals surface area contributed by atoms with Gasteiger partial charge in [-0.25, -0.2) is 4.98 Å². The lowest BCUT2D eigenvalue weighted by atomic mass is 10.2. The predicted molar refractivity (Wildman–Crippen MR) is 123 cm³/mol. The topological polar surface area (TPSA) is 97.8 Å². The Kier molecular flexibility index (Phi) is 7.49. The van der Waals surface area contributed by atoms with Crippen molar-refractivity contribution in [3.05, 3.63) is 64.5 Å². The second kappa shape index (κ2) is 10.1. The normalized spacial score (nSPS) is 12.9. The Bertz CT molecular complexity index is 1060. The highest BCUT2D eigenvalue weighted by Gasteiger charge is 2.16. The average Bonchev–Trinajstić information content (AvgIpc) is 3.20. The molecule has 1 atom stereocenters. The van der Waals surface area contributed by atoms with E-state index in [1.165, 1.54) is 30.6 Å². The molecule has 31 heavy (non-hydrogen) atoms. The van der Waals surface area contributed by atoms with E-state index in [4.69, 9.17) is 9.47 Å². The van der Waals surface area contributed by atoms with Crippen LogP contribution in [0.15, 0.2) is 53.4 Å². The van der Waals surface area contributed by atoms with Gasteiger partial charge in [0.25, 0.3) is 5.91 Å². The molecule has 1 amide bonds. The Morgan fingerprint density at radius 1 is 1.23 bits per heavy atom. The number of hydrogen-bond acceptors (Lipinski definition) is 6. The minimum absolute atomic E-state index is 0.0607. The van der Waals surface area contributed by atoms with Gasteiger partial charge in [0, 0.05) is 30.9 Å². The molecule has 164 valence electrons. The van der Waals surface area contributed by atoms with Gasteiger partial charge in [0.05, 0.1) is 18.0 Å². The second-order valence-corrected chi connectivity index (χ2v) is 10.4. The van der Waals surface area contributed by atoms with E-state index in [1.807, 2.05) is 19.2 Å². The molecule has 1 aromatic carbocycles. The number of nitrogens with one attached hydrogen (secondary N) is 1. The molecule has 3 aromatic rings. The summed E-state index contributed by atoms with van der Waals surface area (Å²) in [5.41, 5.74) is 1.56. The smallest absolute Gasteiger partial charge is 0.257 e. The van der Waals surface area contributed by atoms with E-state index in [0.717, 1.165) is 6.42 Å². The van der Waals surface area contributed by atoms with Gasteiger partial charge in [-0.15, -0.1) is 0 Å². The zero-order chi connectivity index (χ0) is 22.4. The maximum atomic E-state index is 12.8. The summed E-state index contributed by atoms with van der Waals surface area (Å²) in [6.45, 7) is 5.53. The molecule has 0 spiro atoms. The van der Waals surface area contributed by atoms with Gasteiger partial charge in [-0.1, -0.05) is 0 Å². The van der Waals surface area contributed by atoms with E-state index in [1.54, 1.807) is 29.5 Å². The van der Waals surface area contributed by atoms with Crippen molar-refractivity contribution < 1.29 is 23.7 Å². The van der Waals surface area contributed by atoms with Crippen LogP contribution in [0.5, 0.6) is 11.5 Å². The minimum Gasteiger partial charge on any atom is -0.493 e. The molecule has 2 heterocycles. The molecule has 0 aliphatic carbocycles. The van der Waals surface area contributed by atoms with Crippen LogP contribution >= 0.6 is 18.7 Å². The monoisotopic (exact) mass is 460 g/mol. The molecule has 1 unspecified atom stereocenters. The van der Waals surface area contributed by atoms with Crippen LogP contribution in [-0.2, 0) is 11.0 Å². The molecule has 9 heteroatoms. The van der Waals surface area contributed by atoms with Crippen LogP contribution in [0.25, 0.3) is 0 Å². The van der Waals surface area contributed by atoms with Crippen LogP contribution in [-0.4, -0.2) is 35.2 Å². The minimum atomic E-state index is -3.39. The molecule has 2 N–H and O–H groups in total. The summed E-state index contributed by atoms with van der Waals surface area (Å²) < 4.78 is 23.3. The third-order valence-electron chi connectivity index (χ3n) is 4.22. The highest BCUT2D eigenvalue weighted by atomic mass is 32.1. The molecule has 0 fully saturated rings. The van der Waals surface area contributed by atoms with E-state index in [9.17, 15) is 14.3 Å². The van der Waals surface area contributed by atoms with Crippen LogP contribution in [0.1, 0.15) is 29.8 Å². The Morgan fingerprint density at radius 2 is 2.00 bits per heavy atom. The van der Waals surface area contributed by atoms with E-state index in [2.05, 4.69) is 21.7 Å². The first-order valence-corrected chi connectivity index (χ1v) is 12.8. The van der Waals surface area contributed by atoms with Crippen LogP contribution in [0.2, 0.25) is 0 Å². The third-order valence-corrected chi connectivity index (χ3v) is 6.18. The molecule has 7 nitrogen and oxygen atoms in total. The summed E-state index contributed by atoms with van der Waals surface area (Å²) in [5, 5.41) is 7.01. The number of thiophene rings is 1. The largest absolute Gasteiger partial charge is 0.493 e. The van der Waals surface area contributed by atoms with Gasteiger partial charge in [-0.3, -0.25) is 9.36 Å². The number of anilines is 1. The van der Waals surface area contributed by atoms with Crippen molar-refractivity contribution in [3.8, 4) is 11.5 Å². The molecular weight excluding hydrogens is 435 g/mol. The Balaban J connectivity index is 1.74. The number of aromatic nitrogens is 1. The average molecular weight is 460 g/mol. The zero-order valence-corrected chi connectivity index (χ0v) is 19.3. The summed E-state index contributed by atoms with van der Waals surface area (Å²) in [6.07, 6.45) is 1.99. The first-order chi connectivity index (χ1) is 14.7. The molecule has 0 aliphatic rings. The van der Waals surface area contributed by atoms with Crippen molar-refractivity contribution in [1.82, 2.24) is 4.98 Å². The standard InChI is InChI=1S/C22H25N2O5PS/c1-15(2)29-19-11-17(10-18(12-19)28-8-6-16-7-9-31-14-16)22(25)24-21-5-4-20(13-23-21)30(3,26)27/h4-5,7,9-15H,6,8H2,1-3H3,(H,26,27)(H,23,24,25). The number of carbonyl (C=O) groups excluding carboxylic acids is 1. The summed E-state index contributed by atoms with van der Waals surface area (Å²) in [5.74, 6) is 0.954. The SMILES string of the molecule is CC(C)Oc1cc(OCCc2ccsc2)cc(C(=O)Nc2ccc(P(C)(=O)O)cn2)c1. The van der Waals surface area contributed by atoms with Crippen LogP contribution in [0.3, 0.4) is 0 Å². The molecule has 0 radical (unpaired) electrons. The number of carbonyl (C=O) groups is 1. The predicted octanol–water partition coefficient (Wildman–Crippen LogP) is 4.33. The number of pyridine rings is 1. The maximum Gasteiger partial charge on any atom is 0.257 e. The Morgan fingerprint density at radius 3 is 2.61 bits per heavy atom. The lowest BCUT2D eigenvalue weighted by molar-refractivity contribution is 0.102. The van der Waals surface area contributed by atoms with Crippen molar-refractivity contribution in [2.24, 2.45) is 0 Å². The first kappa shape index (κ1) is 23.0. The maximum absolute atomic E-state index is 12.8. The number of nitrogens with zero attached hydrogens (tertiary/aromatic N) is 1. The molecule has 0 saturated heterocycles. The number of ether oxygens (including phenoxy) is 2. The van der Waals surface area contributed by atoms with E-state index in [0.29, 0.717) is 23.7 Å². The van der Waals surface area contributed by atoms with Crippen molar-refractivity contribution in [2.75, 3.05) is 18.6 Å². The number of hydrogen-bond donors (Lipinski definition) is 2. The van der Waals surface area contributed by atoms with Gasteiger partial charge in [0.1, 0.15) is 17.3 Å². The van der Waals surface area contributed by atoms with Crippen molar-refractivity contribution in [1.29, 1.82) is 0 Å². The second-order valence-electron chi connectivity index (χ2n) is 7.32. The molecule has 2 aromatic heterocycles. The fourth-order valence-electron chi connectivity index (χ4n) is 2.74. The van der Waals surface area contributed by atoms with Crippen LogP contribution in [0.4, 0.5) is 5.82 Å². The van der Waals surface area contributed by atoms with Gasteiger partial charge in [0.15, 0.2) is 0 Å². The van der Waals surface area contributed by atoms with Gasteiger partial charge >= 0.3 is 0 Å². The van der Waals surface area contributed by atoms with Gasteiger partial charge in [0.2, 0.25) is 7.37 Å². The van der Waals surface area contributed by atoms with Crippen molar-refractivity contribution >= 4 is 35.7 Å². The number of amides is 1. The molecule has 0 saturated carbocycles. The molecule has 0 aliphatic heterocycles. The van der Waals surface area contributed by atoms with E-state index >= 15 is 0 Å². The number of benzene rings is 1. The van der Waals surface area contributed by atoms with Gasteiger partial charge in [-0.05, 0) is 60.5 Å². The quantitative estimate of drug-likeness (QED) is 0.462. The van der Waals surface area contributed by atoms with Crippen molar-refractivity contribution in [3.63, 3.8) is 0 Å². The first-order valence-electron chi connectivity index (χ1n) is 9.74.